The third-order valence-electron chi connectivity index (χ3n) is 4.69. The summed E-state index contributed by atoms with van der Waals surface area (Å²) in [6.45, 7) is 0. The molecule has 0 bridgehead atoms. The van der Waals surface area contributed by atoms with Gasteiger partial charge in [-0.1, -0.05) is 19.6 Å². The first kappa shape index (κ1) is 22.8. The molecule has 0 aliphatic rings. The van der Waals surface area contributed by atoms with Gasteiger partial charge in [-0.25, -0.2) is 0 Å². The lowest BCUT2D eigenvalue weighted by molar-refractivity contribution is -0.596. The summed E-state index contributed by atoms with van der Waals surface area (Å²) >= 11 is 0. The first-order chi connectivity index (χ1) is 14.9. The van der Waals surface area contributed by atoms with Crippen molar-refractivity contribution in [2.24, 2.45) is 0 Å². The Balaban J connectivity index is 0.00000289. The fourth-order valence-electron chi connectivity index (χ4n) is 3.19. The number of benzene rings is 2. The highest BCUT2D eigenvalue weighted by molar-refractivity contribution is 5.61. The molecule has 7 heteroatoms. The summed E-state index contributed by atoms with van der Waals surface area (Å²) < 4.78 is 50.3. The quantitative estimate of drug-likeness (QED) is 0.386. The molecule has 0 amide bonds. The molecular weight excluding hydrogens is 417 g/mol. The Bertz CT molecular complexity index is 1170. The molecule has 0 saturated carbocycles. The van der Waals surface area contributed by atoms with Gasteiger partial charge >= 0.3 is 6.36 Å². The first-order valence-electron chi connectivity index (χ1n) is 9.45. The standard InChI is InChI=1S/C24H19F3N2O2.CH4/c1-30-22-6-2-4-20(16-22)28-12-8-18(9-13-28)19-10-14-29(15-11-19)21-5-3-7-23(17-21)31-24(25,26)27;/h2-17H,1H3;1H4/q+2;. The van der Waals surface area contributed by atoms with E-state index in [9.17, 15) is 13.2 Å². The molecule has 0 aliphatic carbocycles. The highest BCUT2D eigenvalue weighted by Crippen LogP contribution is 2.23. The summed E-state index contributed by atoms with van der Waals surface area (Å²) in [6.07, 6.45) is 2.80. The van der Waals surface area contributed by atoms with Crippen LogP contribution in [0.3, 0.4) is 0 Å². The maximum atomic E-state index is 12.5. The van der Waals surface area contributed by atoms with E-state index in [1.54, 1.807) is 30.1 Å². The van der Waals surface area contributed by atoms with Crippen LogP contribution in [0.25, 0.3) is 22.5 Å². The van der Waals surface area contributed by atoms with Crippen molar-refractivity contribution in [2.45, 2.75) is 13.8 Å². The summed E-state index contributed by atoms with van der Waals surface area (Å²) in [5.74, 6) is 0.526. The van der Waals surface area contributed by atoms with Crippen LogP contribution in [0.1, 0.15) is 7.43 Å². The van der Waals surface area contributed by atoms with Gasteiger partial charge in [-0.05, 0) is 23.3 Å². The summed E-state index contributed by atoms with van der Waals surface area (Å²) in [5, 5.41) is 0. The van der Waals surface area contributed by atoms with Gasteiger partial charge in [0.05, 0.1) is 19.2 Å². The molecule has 2 aromatic heterocycles. The van der Waals surface area contributed by atoms with Gasteiger partial charge in [-0.3, -0.25) is 0 Å². The topological polar surface area (TPSA) is 26.2 Å². The van der Waals surface area contributed by atoms with Crippen LogP contribution < -0.4 is 18.6 Å². The summed E-state index contributed by atoms with van der Waals surface area (Å²) in [5.41, 5.74) is 3.55. The van der Waals surface area contributed by atoms with Crippen LogP contribution in [-0.4, -0.2) is 13.5 Å². The van der Waals surface area contributed by atoms with E-state index in [1.807, 2.05) is 65.5 Å². The van der Waals surface area contributed by atoms with Gasteiger partial charge in [-0.2, -0.15) is 9.13 Å². The SMILES string of the molecule is C.COc1cccc(-[n+]2ccc(-c3cc[n+](-c4cccc(OC(F)(F)F)c4)cc3)cc2)c1. The lowest BCUT2D eigenvalue weighted by atomic mass is 10.1. The zero-order valence-corrected chi connectivity index (χ0v) is 16.6. The number of nitrogens with zero attached hydrogens (tertiary/aromatic N) is 2. The molecular formula is C25H23F3N2O2+2. The van der Waals surface area contributed by atoms with E-state index in [2.05, 4.69) is 4.74 Å². The molecule has 0 unspecified atom stereocenters. The van der Waals surface area contributed by atoms with Crippen LogP contribution >= 0.6 is 0 Å². The number of hydrogen-bond acceptors (Lipinski definition) is 2. The minimum Gasteiger partial charge on any atom is -0.497 e. The predicted molar refractivity (Wildman–Crippen MR) is 115 cm³/mol. The molecule has 0 atom stereocenters. The molecule has 0 N–H and O–H groups in total. The number of halogens is 3. The molecule has 164 valence electrons. The van der Waals surface area contributed by atoms with Crippen LogP contribution in [0.2, 0.25) is 0 Å². The Kier molecular flexibility index (Phi) is 6.78. The Labute approximate surface area is 184 Å². The Morgan fingerprint density at radius 2 is 1.09 bits per heavy atom. The first-order valence-corrected chi connectivity index (χ1v) is 9.45. The van der Waals surface area contributed by atoms with Crippen LogP contribution in [0.15, 0.2) is 97.6 Å². The van der Waals surface area contributed by atoms with E-state index in [0.29, 0.717) is 5.69 Å². The maximum absolute atomic E-state index is 12.5. The van der Waals surface area contributed by atoms with Gasteiger partial charge in [-0.15, -0.1) is 13.2 Å². The number of ether oxygens (including phenoxy) is 2. The molecule has 0 saturated heterocycles. The maximum Gasteiger partial charge on any atom is 0.573 e. The zero-order chi connectivity index (χ0) is 21.8. The smallest absolute Gasteiger partial charge is 0.497 e. The number of pyridine rings is 2. The number of methoxy groups -OCH3 is 1. The number of aromatic nitrogens is 2. The lowest BCUT2D eigenvalue weighted by Crippen LogP contribution is -2.30. The average Bonchev–Trinajstić information content (AvgIpc) is 2.78. The average molecular weight is 440 g/mol. The van der Waals surface area contributed by atoms with Crippen molar-refractivity contribution < 1.29 is 31.8 Å². The van der Waals surface area contributed by atoms with Crippen molar-refractivity contribution in [3.8, 4) is 34.0 Å². The molecule has 0 radical (unpaired) electrons. The number of alkyl halides is 3. The number of hydrogen-bond donors (Lipinski definition) is 0. The van der Waals surface area contributed by atoms with E-state index >= 15 is 0 Å². The minimum absolute atomic E-state index is 0. The predicted octanol–water partition coefficient (Wildman–Crippen LogP) is 5.45. The Morgan fingerprint density at radius 1 is 0.656 bits per heavy atom. The zero-order valence-electron chi connectivity index (χ0n) is 16.6. The summed E-state index contributed by atoms with van der Waals surface area (Å²) in [7, 11) is 1.63. The second kappa shape index (κ2) is 9.51. The van der Waals surface area contributed by atoms with Gasteiger partial charge in [0.2, 0.25) is 11.4 Å². The number of rotatable bonds is 5. The van der Waals surface area contributed by atoms with Crippen LogP contribution in [0.5, 0.6) is 11.5 Å². The largest absolute Gasteiger partial charge is 0.573 e. The third kappa shape index (κ3) is 5.43. The van der Waals surface area contributed by atoms with Gasteiger partial charge in [0.15, 0.2) is 24.8 Å². The van der Waals surface area contributed by atoms with Gasteiger partial charge in [0.1, 0.15) is 11.5 Å². The van der Waals surface area contributed by atoms with Crippen molar-refractivity contribution in [3.05, 3.63) is 97.6 Å². The Hall–Kier alpha value is -3.87. The fourth-order valence-corrected chi connectivity index (χ4v) is 3.19. The van der Waals surface area contributed by atoms with E-state index in [4.69, 9.17) is 4.74 Å². The molecule has 2 heterocycles. The van der Waals surface area contributed by atoms with E-state index in [-0.39, 0.29) is 13.2 Å². The highest BCUT2D eigenvalue weighted by Gasteiger charge is 2.31. The van der Waals surface area contributed by atoms with Crippen LogP contribution in [0.4, 0.5) is 13.2 Å². The third-order valence-corrected chi connectivity index (χ3v) is 4.69. The van der Waals surface area contributed by atoms with Crippen molar-refractivity contribution in [2.75, 3.05) is 7.11 Å². The van der Waals surface area contributed by atoms with E-state index < -0.39 is 6.36 Å². The molecule has 4 rings (SSSR count). The Morgan fingerprint density at radius 3 is 1.53 bits per heavy atom. The van der Waals surface area contributed by atoms with Gasteiger partial charge in [0.25, 0.3) is 0 Å². The second-order valence-corrected chi connectivity index (χ2v) is 6.73. The van der Waals surface area contributed by atoms with Gasteiger partial charge in [0, 0.05) is 36.4 Å². The second-order valence-electron chi connectivity index (χ2n) is 6.73. The summed E-state index contributed by atoms with van der Waals surface area (Å²) in [6, 6.07) is 21.4. The fraction of sp³-hybridized carbons (Fsp3) is 0.120. The van der Waals surface area contributed by atoms with Crippen LogP contribution in [-0.2, 0) is 0 Å². The summed E-state index contributed by atoms with van der Waals surface area (Å²) in [4.78, 5) is 0. The molecule has 4 nitrogen and oxygen atoms in total. The van der Waals surface area contributed by atoms with Gasteiger partial charge < -0.3 is 9.47 Å². The molecule has 4 aromatic rings. The van der Waals surface area contributed by atoms with Crippen molar-refractivity contribution >= 4 is 0 Å². The molecule has 0 fully saturated rings. The van der Waals surface area contributed by atoms with Crippen molar-refractivity contribution in [3.63, 3.8) is 0 Å². The normalized spacial score (nSPS) is 10.9. The lowest BCUT2D eigenvalue weighted by Gasteiger charge is -2.08. The van der Waals surface area contributed by atoms with E-state index in [0.717, 1.165) is 22.6 Å². The molecule has 2 aromatic carbocycles. The van der Waals surface area contributed by atoms with Crippen molar-refractivity contribution in [1.82, 2.24) is 0 Å². The monoisotopic (exact) mass is 440 g/mol. The minimum atomic E-state index is -4.72. The molecule has 0 spiro atoms. The van der Waals surface area contributed by atoms with E-state index in [1.165, 1.54) is 18.2 Å². The molecule has 32 heavy (non-hydrogen) atoms. The van der Waals surface area contributed by atoms with Crippen molar-refractivity contribution in [1.29, 1.82) is 0 Å². The highest BCUT2D eigenvalue weighted by atomic mass is 19.4. The molecule has 0 aliphatic heterocycles. The van der Waals surface area contributed by atoms with Crippen LogP contribution in [0, 0.1) is 0 Å².